The monoisotopic (exact) mass is 337 g/mol. The minimum atomic E-state index is -0.694. The number of oxazole rings is 1. The molecule has 3 aromatic rings. The van der Waals surface area contributed by atoms with Crippen molar-refractivity contribution < 1.29 is 13.9 Å². The topological polar surface area (TPSA) is 90.4 Å². The van der Waals surface area contributed by atoms with E-state index in [9.17, 15) is 4.79 Å². The average Bonchev–Trinajstić information content (AvgIpc) is 3.09. The van der Waals surface area contributed by atoms with Gasteiger partial charge >= 0.3 is 6.09 Å². The van der Waals surface area contributed by atoms with Gasteiger partial charge in [0.2, 0.25) is 5.89 Å². The standard InChI is InChI=1S/C19H19N3O3/c1-3-16(25-19(23)22-20)12(2)14-9-10-15-17(11-14)24-18(21-15)13-7-5-4-6-8-13/h4-11,16H,2-3,20H2,1H3,(H,22,23). The Morgan fingerprint density at radius 1 is 1.32 bits per heavy atom. The number of nitrogens with zero attached hydrogens (tertiary/aromatic N) is 1. The summed E-state index contributed by atoms with van der Waals surface area (Å²) >= 11 is 0. The van der Waals surface area contributed by atoms with Crippen molar-refractivity contribution in [2.45, 2.75) is 19.4 Å². The molecule has 2 aromatic carbocycles. The molecule has 6 heteroatoms. The van der Waals surface area contributed by atoms with Crippen LogP contribution in [0.3, 0.4) is 0 Å². The van der Waals surface area contributed by atoms with Crippen LogP contribution in [0.4, 0.5) is 4.79 Å². The maximum Gasteiger partial charge on any atom is 0.422 e. The van der Waals surface area contributed by atoms with Crippen LogP contribution in [0.25, 0.3) is 28.1 Å². The molecule has 0 aliphatic carbocycles. The summed E-state index contributed by atoms with van der Waals surface area (Å²) in [5.41, 5.74) is 5.76. The molecule has 25 heavy (non-hydrogen) atoms. The first-order valence-corrected chi connectivity index (χ1v) is 7.94. The van der Waals surface area contributed by atoms with Crippen molar-refractivity contribution in [2.75, 3.05) is 0 Å². The number of aromatic nitrogens is 1. The van der Waals surface area contributed by atoms with Crippen molar-refractivity contribution in [3.8, 4) is 11.5 Å². The van der Waals surface area contributed by atoms with Crippen molar-refractivity contribution in [1.29, 1.82) is 0 Å². The maximum absolute atomic E-state index is 11.4. The number of carbonyl (C=O) groups excluding carboxylic acids is 1. The highest BCUT2D eigenvalue weighted by molar-refractivity contribution is 5.82. The molecule has 0 aliphatic heterocycles. The highest BCUT2D eigenvalue weighted by Crippen LogP contribution is 2.28. The third kappa shape index (κ3) is 3.54. The quantitative estimate of drug-likeness (QED) is 0.419. The van der Waals surface area contributed by atoms with Crippen molar-refractivity contribution >= 4 is 22.8 Å². The van der Waals surface area contributed by atoms with Gasteiger partial charge in [-0.1, -0.05) is 37.8 Å². The lowest BCUT2D eigenvalue weighted by atomic mass is 10.0. The van der Waals surface area contributed by atoms with Gasteiger partial charge in [0.05, 0.1) is 0 Å². The van der Waals surface area contributed by atoms with Gasteiger partial charge in [-0.05, 0) is 41.8 Å². The third-order valence-electron chi connectivity index (χ3n) is 3.91. The van der Waals surface area contributed by atoms with E-state index in [1.165, 1.54) is 0 Å². The van der Waals surface area contributed by atoms with E-state index in [0.29, 0.717) is 23.5 Å². The van der Waals surface area contributed by atoms with Crippen molar-refractivity contribution in [2.24, 2.45) is 5.84 Å². The van der Waals surface area contributed by atoms with Gasteiger partial charge in [-0.3, -0.25) is 5.43 Å². The van der Waals surface area contributed by atoms with Crippen LogP contribution < -0.4 is 11.3 Å². The molecule has 3 rings (SSSR count). The molecule has 0 aliphatic rings. The van der Waals surface area contributed by atoms with Gasteiger partial charge < -0.3 is 9.15 Å². The van der Waals surface area contributed by atoms with E-state index >= 15 is 0 Å². The van der Waals surface area contributed by atoms with E-state index in [-0.39, 0.29) is 0 Å². The van der Waals surface area contributed by atoms with E-state index in [1.54, 1.807) is 0 Å². The van der Waals surface area contributed by atoms with Crippen LogP contribution in [-0.2, 0) is 4.74 Å². The number of rotatable bonds is 5. The highest BCUT2D eigenvalue weighted by atomic mass is 16.6. The molecule has 1 amide bonds. The molecule has 0 fully saturated rings. The Kier molecular flexibility index (Phi) is 4.81. The van der Waals surface area contributed by atoms with Crippen LogP contribution in [-0.4, -0.2) is 17.2 Å². The first-order valence-electron chi connectivity index (χ1n) is 7.94. The summed E-state index contributed by atoms with van der Waals surface area (Å²) in [6.45, 7) is 5.95. The Morgan fingerprint density at radius 3 is 2.76 bits per heavy atom. The molecule has 3 N–H and O–H groups in total. The van der Waals surface area contributed by atoms with Crippen LogP contribution in [0.5, 0.6) is 0 Å². The van der Waals surface area contributed by atoms with Gasteiger partial charge in [0.1, 0.15) is 11.6 Å². The second-order valence-electron chi connectivity index (χ2n) is 5.54. The SMILES string of the molecule is C=C(c1ccc2nc(-c3ccccc3)oc2c1)C(CC)OC(=O)NN. The molecule has 6 nitrogen and oxygen atoms in total. The van der Waals surface area contributed by atoms with Crippen molar-refractivity contribution in [3.63, 3.8) is 0 Å². The van der Waals surface area contributed by atoms with Crippen LogP contribution in [0.1, 0.15) is 18.9 Å². The first kappa shape index (κ1) is 16.7. The normalized spacial score (nSPS) is 11.9. The Labute approximate surface area is 145 Å². The van der Waals surface area contributed by atoms with Gasteiger partial charge in [-0.25, -0.2) is 15.6 Å². The average molecular weight is 337 g/mol. The summed E-state index contributed by atoms with van der Waals surface area (Å²) in [7, 11) is 0. The minimum absolute atomic E-state index is 0.475. The summed E-state index contributed by atoms with van der Waals surface area (Å²) in [6.07, 6.45) is -0.590. The molecule has 0 spiro atoms. The smallest absolute Gasteiger partial charge is 0.422 e. The van der Waals surface area contributed by atoms with Crippen LogP contribution in [0.2, 0.25) is 0 Å². The molecular formula is C19H19N3O3. The van der Waals surface area contributed by atoms with E-state index in [0.717, 1.165) is 16.6 Å². The van der Waals surface area contributed by atoms with Gasteiger partial charge in [0.15, 0.2) is 5.58 Å². The Balaban J connectivity index is 1.90. The van der Waals surface area contributed by atoms with E-state index in [2.05, 4.69) is 11.6 Å². The van der Waals surface area contributed by atoms with E-state index in [4.69, 9.17) is 15.0 Å². The minimum Gasteiger partial charge on any atom is -0.440 e. The van der Waals surface area contributed by atoms with Crippen LogP contribution in [0, 0.1) is 0 Å². The summed E-state index contributed by atoms with van der Waals surface area (Å²) < 4.78 is 11.1. The molecule has 0 bridgehead atoms. The number of hydrazine groups is 1. The van der Waals surface area contributed by atoms with Crippen LogP contribution in [0.15, 0.2) is 59.5 Å². The number of benzene rings is 2. The molecule has 1 aromatic heterocycles. The van der Waals surface area contributed by atoms with Crippen LogP contribution >= 0.6 is 0 Å². The number of amides is 1. The zero-order chi connectivity index (χ0) is 17.8. The number of hydrogen-bond acceptors (Lipinski definition) is 5. The highest BCUT2D eigenvalue weighted by Gasteiger charge is 2.18. The second-order valence-corrected chi connectivity index (χ2v) is 5.54. The number of hydrogen-bond donors (Lipinski definition) is 2. The van der Waals surface area contributed by atoms with Gasteiger partial charge in [0, 0.05) is 5.56 Å². The largest absolute Gasteiger partial charge is 0.440 e. The fourth-order valence-corrected chi connectivity index (χ4v) is 2.58. The number of fused-ring (bicyclic) bond motifs is 1. The lowest BCUT2D eigenvalue weighted by Gasteiger charge is -2.18. The Bertz CT molecular complexity index is 903. The molecule has 128 valence electrons. The summed E-state index contributed by atoms with van der Waals surface area (Å²) in [6, 6.07) is 15.3. The fourth-order valence-electron chi connectivity index (χ4n) is 2.58. The summed E-state index contributed by atoms with van der Waals surface area (Å²) in [4.78, 5) is 15.9. The molecule has 1 atom stereocenters. The molecular weight excluding hydrogens is 318 g/mol. The van der Waals surface area contributed by atoms with Gasteiger partial charge in [-0.2, -0.15) is 0 Å². The molecule has 1 heterocycles. The predicted octanol–water partition coefficient (Wildman–Crippen LogP) is 3.89. The fraction of sp³-hybridized carbons (Fsp3) is 0.158. The van der Waals surface area contributed by atoms with Gasteiger partial charge in [0.25, 0.3) is 0 Å². The predicted molar refractivity (Wildman–Crippen MR) is 96.4 cm³/mol. The number of carbonyl (C=O) groups is 1. The number of ether oxygens (including phenoxy) is 1. The Hall–Kier alpha value is -3.12. The number of nitrogens with one attached hydrogen (secondary N) is 1. The molecule has 1 unspecified atom stereocenters. The summed E-state index contributed by atoms with van der Waals surface area (Å²) in [5.74, 6) is 5.63. The second kappa shape index (κ2) is 7.19. The zero-order valence-corrected chi connectivity index (χ0v) is 13.9. The molecule has 0 saturated heterocycles. The molecule has 0 saturated carbocycles. The lowest BCUT2D eigenvalue weighted by molar-refractivity contribution is 0.122. The Morgan fingerprint density at radius 2 is 2.08 bits per heavy atom. The number of nitrogens with two attached hydrogens (primary N) is 1. The van der Waals surface area contributed by atoms with Gasteiger partial charge in [-0.15, -0.1) is 0 Å². The van der Waals surface area contributed by atoms with E-state index in [1.807, 2.05) is 60.9 Å². The third-order valence-corrected chi connectivity index (χ3v) is 3.91. The molecule has 0 radical (unpaired) electrons. The van der Waals surface area contributed by atoms with E-state index < -0.39 is 12.2 Å². The first-order chi connectivity index (χ1) is 12.1. The summed E-state index contributed by atoms with van der Waals surface area (Å²) in [5, 5.41) is 0. The lowest BCUT2D eigenvalue weighted by Crippen LogP contribution is -2.34. The zero-order valence-electron chi connectivity index (χ0n) is 13.9. The van der Waals surface area contributed by atoms with Crippen molar-refractivity contribution in [3.05, 3.63) is 60.7 Å². The van der Waals surface area contributed by atoms with Crippen molar-refractivity contribution in [1.82, 2.24) is 10.4 Å². The maximum atomic E-state index is 11.4.